The minimum absolute atomic E-state index is 0.121. The average Bonchev–Trinajstić information content (AvgIpc) is 2.65. The molecule has 0 bridgehead atoms. The van der Waals surface area contributed by atoms with E-state index in [1.54, 1.807) is 16.8 Å². The van der Waals surface area contributed by atoms with Gasteiger partial charge in [0.05, 0.1) is 11.3 Å². The number of aromatic nitrogens is 2. The van der Waals surface area contributed by atoms with Crippen molar-refractivity contribution in [1.82, 2.24) is 15.1 Å². The zero-order valence-corrected chi connectivity index (χ0v) is 11.2. The van der Waals surface area contributed by atoms with Crippen LogP contribution in [0.5, 0.6) is 0 Å². The number of benzene rings is 1. The van der Waals surface area contributed by atoms with Crippen molar-refractivity contribution < 1.29 is 4.79 Å². The molecular weight excluding hydrogens is 246 g/mol. The van der Waals surface area contributed by atoms with Crippen LogP contribution in [0.1, 0.15) is 21.6 Å². The fourth-order valence-electron chi connectivity index (χ4n) is 1.76. The molecule has 0 spiro atoms. The summed E-state index contributed by atoms with van der Waals surface area (Å²) >= 11 is 4.26. The van der Waals surface area contributed by atoms with Gasteiger partial charge in [-0.25, -0.2) is 0 Å². The van der Waals surface area contributed by atoms with Crippen molar-refractivity contribution in [2.45, 2.75) is 18.4 Å². The Bertz CT molecular complexity index is 577. The van der Waals surface area contributed by atoms with Crippen LogP contribution in [0.2, 0.25) is 0 Å². The highest BCUT2D eigenvalue weighted by molar-refractivity contribution is 7.80. The predicted molar refractivity (Wildman–Crippen MR) is 72.8 cm³/mol. The number of aryl methyl sites for hydroxylation is 2. The lowest BCUT2D eigenvalue weighted by Gasteiger charge is -2.06. The largest absolute Gasteiger partial charge is 0.348 e. The fraction of sp³-hybridized carbons (Fsp3) is 0.231. The van der Waals surface area contributed by atoms with Crippen LogP contribution in [-0.4, -0.2) is 15.7 Å². The lowest BCUT2D eigenvalue weighted by atomic mass is 10.2. The molecule has 0 saturated carbocycles. The van der Waals surface area contributed by atoms with E-state index in [4.69, 9.17) is 0 Å². The Balaban J connectivity index is 2.05. The van der Waals surface area contributed by atoms with Crippen molar-refractivity contribution in [3.05, 3.63) is 47.3 Å². The minimum Gasteiger partial charge on any atom is -0.348 e. The molecule has 1 aromatic heterocycles. The maximum absolute atomic E-state index is 12.0. The van der Waals surface area contributed by atoms with E-state index < -0.39 is 0 Å². The van der Waals surface area contributed by atoms with Gasteiger partial charge >= 0.3 is 0 Å². The van der Waals surface area contributed by atoms with E-state index in [9.17, 15) is 4.79 Å². The molecule has 1 heterocycles. The first-order valence-electron chi connectivity index (χ1n) is 5.63. The van der Waals surface area contributed by atoms with Gasteiger partial charge in [-0.1, -0.05) is 12.1 Å². The van der Waals surface area contributed by atoms with E-state index in [1.165, 1.54) is 0 Å². The molecule has 4 nitrogen and oxygen atoms in total. The van der Waals surface area contributed by atoms with E-state index in [2.05, 4.69) is 23.0 Å². The minimum atomic E-state index is -0.121. The Morgan fingerprint density at radius 1 is 1.44 bits per heavy atom. The second kappa shape index (κ2) is 5.27. The second-order valence-electron chi connectivity index (χ2n) is 4.11. The van der Waals surface area contributed by atoms with Crippen molar-refractivity contribution in [3.63, 3.8) is 0 Å². The van der Waals surface area contributed by atoms with Crippen LogP contribution in [0.25, 0.3) is 0 Å². The first-order chi connectivity index (χ1) is 8.58. The van der Waals surface area contributed by atoms with Crippen molar-refractivity contribution in [2.75, 3.05) is 0 Å². The summed E-state index contributed by atoms with van der Waals surface area (Å²) in [6, 6.07) is 7.23. The number of nitrogens with one attached hydrogen (secondary N) is 1. The van der Waals surface area contributed by atoms with E-state index >= 15 is 0 Å². The Morgan fingerprint density at radius 2 is 2.17 bits per heavy atom. The number of thiol groups is 1. The number of rotatable bonds is 3. The van der Waals surface area contributed by atoms with E-state index in [0.29, 0.717) is 17.0 Å². The molecule has 18 heavy (non-hydrogen) atoms. The molecule has 0 radical (unpaired) electrons. The molecule has 5 heteroatoms. The number of nitrogens with zero attached hydrogens (tertiary/aromatic N) is 2. The van der Waals surface area contributed by atoms with Gasteiger partial charge in [0.15, 0.2) is 0 Å². The molecule has 0 fully saturated rings. The van der Waals surface area contributed by atoms with Crippen LogP contribution in [0.3, 0.4) is 0 Å². The maximum Gasteiger partial charge on any atom is 0.252 e. The van der Waals surface area contributed by atoms with Crippen LogP contribution >= 0.6 is 12.6 Å². The van der Waals surface area contributed by atoms with Gasteiger partial charge in [0.2, 0.25) is 0 Å². The number of hydrogen-bond acceptors (Lipinski definition) is 3. The van der Waals surface area contributed by atoms with Gasteiger partial charge in [-0.3, -0.25) is 9.48 Å². The van der Waals surface area contributed by atoms with Crippen LogP contribution in [0.15, 0.2) is 35.4 Å². The third-order valence-corrected chi connectivity index (χ3v) is 3.09. The maximum atomic E-state index is 12.0. The Hall–Kier alpha value is -1.75. The third kappa shape index (κ3) is 2.73. The standard InChI is InChI=1S/C13H15N3OS/c1-9-10(8-16(2)15-9)7-14-13(17)11-5-3-4-6-12(11)18/h3-6,8,18H,7H2,1-2H3,(H,14,17). The molecular formula is C13H15N3OS. The monoisotopic (exact) mass is 261 g/mol. The molecule has 1 aromatic carbocycles. The summed E-state index contributed by atoms with van der Waals surface area (Å²) < 4.78 is 1.74. The summed E-state index contributed by atoms with van der Waals surface area (Å²) in [5.74, 6) is -0.121. The summed E-state index contributed by atoms with van der Waals surface area (Å²) in [4.78, 5) is 12.6. The van der Waals surface area contributed by atoms with Gasteiger partial charge in [-0.05, 0) is 19.1 Å². The molecule has 1 amide bonds. The van der Waals surface area contributed by atoms with Crippen molar-refractivity contribution >= 4 is 18.5 Å². The molecule has 1 N–H and O–H groups in total. The SMILES string of the molecule is Cc1nn(C)cc1CNC(=O)c1ccccc1S. The van der Waals surface area contributed by atoms with Gasteiger partial charge in [-0.2, -0.15) is 5.10 Å². The average molecular weight is 261 g/mol. The Kier molecular flexibility index (Phi) is 3.72. The zero-order chi connectivity index (χ0) is 13.1. The Morgan fingerprint density at radius 3 is 2.78 bits per heavy atom. The summed E-state index contributed by atoms with van der Waals surface area (Å²) in [5.41, 5.74) is 2.53. The lowest BCUT2D eigenvalue weighted by molar-refractivity contribution is 0.0948. The van der Waals surface area contributed by atoms with E-state index in [1.807, 2.05) is 32.3 Å². The quantitative estimate of drug-likeness (QED) is 0.830. The van der Waals surface area contributed by atoms with Gasteiger partial charge < -0.3 is 5.32 Å². The van der Waals surface area contributed by atoms with E-state index in [-0.39, 0.29) is 5.91 Å². The van der Waals surface area contributed by atoms with Crippen LogP contribution in [0.4, 0.5) is 0 Å². The highest BCUT2D eigenvalue weighted by Crippen LogP contribution is 2.13. The van der Waals surface area contributed by atoms with Crippen LogP contribution in [-0.2, 0) is 13.6 Å². The van der Waals surface area contributed by atoms with Crippen LogP contribution in [0, 0.1) is 6.92 Å². The molecule has 0 unspecified atom stereocenters. The molecule has 0 saturated heterocycles. The molecule has 94 valence electrons. The van der Waals surface area contributed by atoms with Crippen molar-refractivity contribution in [1.29, 1.82) is 0 Å². The van der Waals surface area contributed by atoms with Crippen LogP contribution < -0.4 is 5.32 Å². The van der Waals surface area contributed by atoms with Gasteiger partial charge in [0.1, 0.15) is 0 Å². The molecule has 2 aromatic rings. The first kappa shape index (κ1) is 12.7. The topological polar surface area (TPSA) is 46.9 Å². The molecule has 0 aliphatic rings. The van der Waals surface area contributed by atoms with E-state index in [0.717, 1.165) is 11.3 Å². The van der Waals surface area contributed by atoms with Gasteiger partial charge in [0, 0.05) is 30.2 Å². The summed E-state index contributed by atoms with van der Waals surface area (Å²) in [7, 11) is 1.86. The normalized spacial score (nSPS) is 10.4. The third-order valence-electron chi connectivity index (χ3n) is 2.70. The van der Waals surface area contributed by atoms with Crippen molar-refractivity contribution in [2.24, 2.45) is 7.05 Å². The highest BCUT2D eigenvalue weighted by atomic mass is 32.1. The smallest absolute Gasteiger partial charge is 0.252 e. The first-order valence-corrected chi connectivity index (χ1v) is 6.08. The summed E-state index contributed by atoms with van der Waals surface area (Å²) in [6.07, 6.45) is 1.90. The number of carbonyl (C=O) groups excluding carboxylic acids is 1. The van der Waals surface area contributed by atoms with Gasteiger partial charge in [-0.15, -0.1) is 12.6 Å². The second-order valence-corrected chi connectivity index (χ2v) is 4.60. The predicted octanol–water partition coefficient (Wildman–Crippen LogP) is 1.95. The zero-order valence-electron chi connectivity index (χ0n) is 10.3. The molecule has 0 aliphatic heterocycles. The summed E-state index contributed by atoms with van der Waals surface area (Å²) in [6.45, 7) is 2.40. The Labute approximate surface area is 111 Å². The number of hydrogen-bond donors (Lipinski definition) is 2. The summed E-state index contributed by atoms with van der Waals surface area (Å²) in [5, 5.41) is 7.10. The molecule has 0 atom stereocenters. The molecule has 0 aliphatic carbocycles. The number of carbonyl (C=O) groups is 1. The fourth-order valence-corrected chi connectivity index (χ4v) is 2.02. The molecule has 2 rings (SSSR count). The number of amides is 1. The lowest BCUT2D eigenvalue weighted by Crippen LogP contribution is -2.23. The van der Waals surface area contributed by atoms with Gasteiger partial charge in [0.25, 0.3) is 5.91 Å². The highest BCUT2D eigenvalue weighted by Gasteiger charge is 2.09. The van der Waals surface area contributed by atoms with Crippen molar-refractivity contribution in [3.8, 4) is 0 Å².